The van der Waals surface area contributed by atoms with Crippen molar-refractivity contribution >= 4 is 47.0 Å². The zero-order valence-corrected chi connectivity index (χ0v) is 19.4. The van der Waals surface area contributed by atoms with Crippen molar-refractivity contribution in [3.8, 4) is 5.69 Å². The number of aromatic nitrogens is 3. The van der Waals surface area contributed by atoms with Gasteiger partial charge in [-0.05, 0) is 43.2 Å². The normalized spacial score (nSPS) is 13.5. The fraction of sp³-hybridized carbons (Fsp3) is 0.318. The molecule has 0 atom stereocenters. The van der Waals surface area contributed by atoms with Crippen LogP contribution in [-0.4, -0.2) is 51.8 Å². The summed E-state index contributed by atoms with van der Waals surface area (Å²) in [4.78, 5) is 15.8. The van der Waals surface area contributed by atoms with E-state index in [1.54, 1.807) is 11.8 Å². The molecule has 1 aliphatic heterocycles. The van der Waals surface area contributed by atoms with Gasteiger partial charge in [-0.15, -0.1) is 22.0 Å². The van der Waals surface area contributed by atoms with E-state index in [4.69, 9.17) is 11.6 Å². The van der Waals surface area contributed by atoms with Crippen LogP contribution in [0.15, 0.2) is 64.6 Å². The van der Waals surface area contributed by atoms with Gasteiger partial charge >= 0.3 is 0 Å². The molecule has 1 aromatic heterocycles. The Kier molecular flexibility index (Phi) is 7.77. The molecule has 1 aliphatic rings. The molecule has 0 saturated carbocycles. The minimum Gasteiger partial charge on any atom is -0.355 e. The maximum Gasteiger partial charge on any atom is 0.232 e. The highest BCUT2D eigenvalue weighted by Gasteiger charge is 2.23. The van der Waals surface area contributed by atoms with Crippen molar-refractivity contribution in [2.75, 3.05) is 36.0 Å². The van der Waals surface area contributed by atoms with Gasteiger partial charge in [0.05, 0.1) is 11.4 Å². The molecule has 1 saturated heterocycles. The molecule has 2 heterocycles. The Labute approximate surface area is 195 Å². The van der Waals surface area contributed by atoms with E-state index in [0.717, 1.165) is 43.3 Å². The van der Waals surface area contributed by atoms with Crippen molar-refractivity contribution in [3.63, 3.8) is 0 Å². The van der Waals surface area contributed by atoms with Crippen LogP contribution in [0, 0.1) is 0 Å². The van der Waals surface area contributed by atoms with E-state index >= 15 is 0 Å². The van der Waals surface area contributed by atoms with Crippen LogP contribution < -0.4 is 10.2 Å². The van der Waals surface area contributed by atoms with Crippen LogP contribution in [0.2, 0.25) is 5.02 Å². The zero-order valence-electron chi connectivity index (χ0n) is 17.0. The summed E-state index contributed by atoms with van der Waals surface area (Å²) in [6, 6.07) is 17.8. The SMILES string of the molecule is O=C(CSc1nnc(N2CCCC2)n1-c1cccc(Cl)c1)NCCSc1ccccc1. The molecule has 1 N–H and O–H groups in total. The maximum atomic E-state index is 12.4. The number of nitrogens with zero attached hydrogens (tertiary/aromatic N) is 4. The molecule has 0 bridgehead atoms. The number of rotatable bonds is 9. The topological polar surface area (TPSA) is 63.1 Å². The van der Waals surface area contributed by atoms with Crippen LogP contribution in [0.5, 0.6) is 0 Å². The number of carbonyl (C=O) groups excluding carboxylic acids is 1. The second-order valence-electron chi connectivity index (χ2n) is 7.09. The number of benzene rings is 2. The largest absolute Gasteiger partial charge is 0.355 e. The summed E-state index contributed by atoms with van der Waals surface area (Å²) in [7, 11) is 0. The molecule has 2 aromatic carbocycles. The lowest BCUT2D eigenvalue weighted by Gasteiger charge is -2.18. The van der Waals surface area contributed by atoms with Crippen LogP contribution >= 0.6 is 35.1 Å². The van der Waals surface area contributed by atoms with E-state index in [9.17, 15) is 4.79 Å². The van der Waals surface area contributed by atoms with E-state index in [2.05, 4.69) is 32.5 Å². The average molecular weight is 474 g/mol. The highest BCUT2D eigenvalue weighted by atomic mass is 35.5. The Morgan fingerprint density at radius 3 is 2.61 bits per heavy atom. The van der Waals surface area contributed by atoms with Crippen LogP contribution in [0.3, 0.4) is 0 Å². The van der Waals surface area contributed by atoms with Crippen molar-refractivity contribution in [1.29, 1.82) is 0 Å². The third-order valence-corrected chi connectivity index (χ3v) is 7.02. The lowest BCUT2D eigenvalue weighted by atomic mass is 10.3. The Balaban J connectivity index is 1.37. The van der Waals surface area contributed by atoms with Crippen molar-refractivity contribution in [2.45, 2.75) is 22.9 Å². The third-order valence-electron chi connectivity index (χ3n) is 4.84. The van der Waals surface area contributed by atoms with Gasteiger partial charge in [0.1, 0.15) is 0 Å². The third kappa shape index (κ3) is 5.96. The number of anilines is 1. The number of carbonyl (C=O) groups is 1. The van der Waals surface area contributed by atoms with Crippen LogP contribution in [0.25, 0.3) is 5.69 Å². The Bertz CT molecular complexity index is 1010. The molecular formula is C22H24ClN5OS2. The lowest BCUT2D eigenvalue weighted by molar-refractivity contribution is -0.118. The monoisotopic (exact) mass is 473 g/mol. The van der Waals surface area contributed by atoms with E-state index in [-0.39, 0.29) is 11.7 Å². The molecule has 0 radical (unpaired) electrons. The average Bonchev–Trinajstić information content (AvgIpc) is 3.46. The highest BCUT2D eigenvalue weighted by Crippen LogP contribution is 2.29. The fourth-order valence-corrected chi connectivity index (χ4v) is 5.13. The summed E-state index contributed by atoms with van der Waals surface area (Å²) in [5, 5.41) is 13.1. The van der Waals surface area contributed by atoms with Gasteiger partial charge in [-0.3, -0.25) is 9.36 Å². The van der Waals surface area contributed by atoms with Gasteiger partial charge in [0.2, 0.25) is 11.9 Å². The molecule has 9 heteroatoms. The predicted octanol–water partition coefficient (Wildman–Crippen LogP) is 4.52. The van der Waals surface area contributed by atoms with Crippen LogP contribution in [0.1, 0.15) is 12.8 Å². The molecule has 0 unspecified atom stereocenters. The zero-order chi connectivity index (χ0) is 21.5. The smallest absolute Gasteiger partial charge is 0.232 e. The van der Waals surface area contributed by atoms with Gasteiger partial charge in [-0.2, -0.15) is 0 Å². The van der Waals surface area contributed by atoms with Crippen molar-refractivity contribution in [1.82, 2.24) is 20.1 Å². The number of halogens is 1. The first-order valence-corrected chi connectivity index (χ1v) is 12.6. The Morgan fingerprint density at radius 2 is 1.84 bits per heavy atom. The number of nitrogens with one attached hydrogen (secondary N) is 1. The van der Waals surface area contributed by atoms with Crippen molar-refractivity contribution < 1.29 is 4.79 Å². The summed E-state index contributed by atoms with van der Waals surface area (Å²) in [6.07, 6.45) is 2.29. The fourth-order valence-electron chi connectivity index (χ4n) is 3.38. The standard InChI is InChI=1S/C22H24ClN5OS2/c23-17-7-6-8-18(15-17)28-21(27-12-4-5-13-27)25-26-22(28)31-16-20(29)24-11-14-30-19-9-2-1-3-10-19/h1-3,6-10,15H,4-5,11-14,16H2,(H,24,29). The Hall–Kier alpha value is -2.16. The van der Waals surface area contributed by atoms with Crippen LogP contribution in [-0.2, 0) is 4.79 Å². The molecule has 162 valence electrons. The summed E-state index contributed by atoms with van der Waals surface area (Å²) >= 11 is 9.35. The van der Waals surface area contributed by atoms with Gasteiger partial charge in [0.25, 0.3) is 0 Å². The molecule has 0 spiro atoms. The molecule has 1 amide bonds. The number of amides is 1. The minimum atomic E-state index is -0.0120. The maximum absolute atomic E-state index is 12.4. The summed E-state index contributed by atoms with van der Waals surface area (Å²) in [5.74, 6) is 1.91. The lowest BCUT2D eigenvalue weighted by Crippen LogP contribution is -2.27. The van der Waals surface area contributed by atoms with Gasteiger partial charge in [-0.25, -0.2) is 0 Å². The minimum absolute atomic E-state index is 0.0120. The first-order chi connectivity index (χ1) is 15.2. The van der Waals surface area contributed by atoms with Gasteiger partial charge in [0, 0.05) is 35.3 Å². The molecule has 1 fully saturated rings. The number of hydrogen-bond donors (Lipinski definition) is 1. The molecule has 0 aliphatic carbocycles. The summed E-state index contributed by atoms with van der Waals surface area (Å²) < 4.78 is 2.00. The van der Waals surface area contributed by atoms with Crippen LogP contribution in [0.4, 0.5) is 5.95 Å². The first kappa shape index (κ1) is 22.0. The Morgan fingerprint density at radius 1 is 1.03 bits per heavy atom. The number of hydrogen-bond acceptors (Lipinski definition) is 6. The van der Waals surface area contributed by atoms with Crippen molar-refractivity contribution in [3.05, 3.63) is 59.6 Å². The van der Waals surface area contributed by atoms with E-state index in [0.29, 0.717) is 16.7 Å². The molecular weight excluding hydrogens is 450 g/mol. The number of thioether (sulfide) groups is 2. The van der Waals surface area contributed by atoms with E-state index in [1.807, 2.05) is 47.0 Å². The quantitative estimate of drug-likeness (QED) is 0.364. The molecule has 6 nitrogen and oxygen atoms in total. The van der Waals surface area contributed by atoms with Gasteiger partial charge in [0.15, 0.2) is 5.16 Å². The predicted molar refractivity (Wildman–Crippen MR) is 129 cm³/mol. The second-order valence-corrected chi connectivity index (χ2v) is 9.64. The van der Waals surface area contributed by atoms with Gasteiger partial charge < -0.3 is 10.2 Å². The first-order valence-electron chi connectivity index (χ1n) is 10.2. The molecule has 3 aromatic rings. The van der Waals surface area contributed by atoms with Crippen molar-refractivity contribution in [2.24, 2.45) is 0 Å². The van der Waals surface area contributed by atoms with E-state index < -0.39 is 0 Å². The molecule has 31 heavy (non-hydrogen) atoms. The highest BCUT2D eigenvalue weighted by molar-refractivity contribution is 7.99. The molecule has 4 rings (SSSR count). The van der Waals surface area contributed by atoms with E-state index in [1.165, 1.54) is 16.7 Å². The van der Waals surface area contributed by atoms with Gasteiger partial charge in [-0.1, -0.05) is 47.6 Å². The second kappa shape index (κ2) is 10.9. The summed E-state index contributed by atoms with van der Waals surface area (Å²) in [6.45, 7) is 2.55. The summed E-state index contributed by atoms with van der Waals surface area (Å²) in [5.41, 5.74) is 0.904.